The van der Waals surface area contributed by atoms with E-state index < -0.39 is 28.7 Å². The first-order chi connectivity index (χ1) is 18.1. The number of aliphatic hydroxyl groups is 1. The van der Waals surface area contributed by atoms with Crippen LogP contribution in [0.3, 0.4) is 0 Å². The number of carbonyl (C=O) groups excluding carboxylic acids is 1. The average Bonchev–Trinajstić information content (AvgIpc) is 2.84. The van der Waals surface area contributed by atoms with Crippen molar-refractivity contribution >= 4 is 33.7 Å². The van der Waals surface area contributed by atoms with Gasteiger partial charge in [0.2, 0.25) is 6.41 Å². The third-order valence-electron chi connectivity index (χ3n) is 5.92. The molecule has 0 saturated carbocycles. The molecule has 1 aliphatic rings. The Kier molecular flexibility index (Phi) is 9.02. The van der Waals surface area contributed by atoms with E-state index in [-0.39, 0.29) is 22.3 Å². The van der Waals surface area contributed by atoms with Crippen molar-refractivity contribution in [3.05, 3.63) is 99.5 Å². The van der Waals surface area contributed by atoms with Gasteiger partial charge in [0.15, 0.2) is 21.5 Å². The zero-order valence-corrected chi connectivity index (χ0v) is 23.6. The second-order valence-corrected chi connectivity index (χ2v) is 10.7. The van der Waals surface area contributed by atoms with Crippen molar-refractivity contribution in [3.63, 3.8) is 0 Å². The summed E-state index contributed by atoms with van der Waals surface area (Å²) in [6.45, 7) is 8.33. The number of halogens is 3. The minimum absolute atomic E-state index is 0.101. The second kappa shape index (κ2) is 11.7. The molecule has 0 spiro atoms. The Labute approximate surface area is 233 Å². The summed E-state index contributed by atoms with van der Waals surface area (Å²) in [5, 5.41) is 12.5. The molecule has 0 fully saturated rings. The van der Waals surface area contributed by atoms with Gasteiger partial charge in [-0.05, 0) is 52.3 Å². The number of nitrogens with one attached hydrogen (secondary N) is 1. The normalized spacial score (nSPS) is 16.9. The summed E-state index contributed by atoms with van der Waals surface area (Å²) in [5.74, 6) is -1.21. The molecule has 3 heterocycles. The van der Waals surface area contributed by atoms with Crippen LogP contribution in [0.5, 0.6) is 0 Å². The smallest absolute Gasteiger partial charge is 0.218 e. The SMILES string of the molecule is BC(B)(OC(/C=C(/C)N(C=O)C1=C[C@H](c2ccnc(C(C)(C)O)n2)NC=C1C)=C(/C)Cl)c1ncc(F)cc1F. The maximum atomic E-state index is 14.5. The summed E-state index contributed by atoms with van der Waals surface area (Å²) in [6.07, 6.45) is 8.29. The van der Waals surface area contributed by atoms with Gasteiger partial charge in [-0.15, -0.1) is 0 Å². The van der Waals surface area contributed by atoms with Crippen LogP contribution in [-0.2, 0) is 20.5 Å². The molecule has 39 heavy (non-hydrogen) atoms. The Hall–Kier alpha value is -3.50. The van der Waals surface area contributed by atoms with E-state index in [2.05, 4.69) is 20.3 Å². The average molecular weight is 556 g/mol. The predicted octanol–water partition coefficient (Wildman–Crippen LogP) is 2.74. The molecule has 0 aromatic carbocycles. The highest BCUT2D eigenvalue weighted by molar-refractivity contribution is 6.38. The summed E-state index contributed by atoms with van der Waals surface area (Å²) < 4.78 is 33.9. The number of ether oxygens (including phenoxy) is 1. The van der Waals surface area contributed by atoms with Crippen molar-refractivity contribution < 1.29 is 23.4 Å². The first-order valence-corrected chi connectivity index (χ1v) is 12.5. The molecule has 3 rings (SSSR count). The molecule has 2 N–H and O–H groups in total. The Morgan fingerprint density at radius 1 is 1.28 bits per heavy atom. The molecule has 0 unspecified atom stereocenters. The van der Waals surface area contributed by atoms with Crippen molar-refractivity contribution in [1.82, 2.24) is 25.2 Å². The molecule has 204 valence electrons. The molecule has 0 saturated heterocycles. The fourth-order valence-electron chi connectivity index (χ4n) is 3.88. The van der Waals surface area contributed by atoms with Crippen LogP contribution in [0.1, 0.15) is 57.9 Å². The van der Waals surface area contributed by atoms with Gasteiger partial charge in [0.05, 0.1) is 34.1 Å². The first kappa shape index (κ1) is 30.0. The van der Waals surface area contributed by atoms with Gasteiger partial charge in [0.1, 0.15) is 28.7 Å². The Balaban J connectivity index is 1.95. The number of hydrogen-bond donors (Lipinski definition) is 2. The molecule has 0 radical (unpaired) electrons. The molecule has 2 aromatic heterocycles. The van der Waals surface area contributed by atoms with E-state index in [1.54, 1.807) is 67.9 Å². The highest BCUT2D eigenvalue weighted by Crippen LogP contribution is 2.30. The molecule has 2 aromatic rings. The minimum atomic E-state index is -1.31. The van der Waals surface area contributed by atoms with Crippen LogP contribution in [0.4, 0.5) is 8.78 Å². The lowest BCUT2D eigenvalue weighted by atomic mass is 9.62. The van der Waals surface area contributed by atoms with Crippen LogP contribution in [0.25, 0.3) is 0 Å². The van der Waals surface area contributed by atoms with Gasteiger partial charge in [-0.1, -0.05) is 11.6 Å². The third-order valence-corrected chi connectivity index (χ3v) is 6.10. The Morgan fingerprint density at radius 3 is 2.56 bits per heavy atom. The first-order valence-electron chi connectivity index (χ1n) is 12.1. The largest absolute Gasteiger partial charge is 0.498 e. The van der Waals surface area contributed by atoms with Gasteiger partial charge in [-0.2, -0.15) is 0 Å². The van der Waals surface area contributed by atoms with E-state index in [1.165, 1.54) is 4.90 Å². The van der Waals surface area contributed by atoms with E-state index in [4.69, 9.17) is 16.3 Å². The van der Waals surface area contributed by atoms with Gasteiger partial charge in [0, 0.05) is 30.2 Å². The number of rotatable bonds is 9. The van der Waals surface area contributed by atoms with Gasteiger partial charge < -0.3 is 15.2 Å². The highest BCUT2D eigenvalue weighted by atomic mass is 35.5. The van der Waals surface area contributed by atoms with Gasteiger partial charge in [-0.3, -0.25) is 14.7 Å². The quantitative estimate of drug-likeness (QED) is 0.212. The molecule has 8 nitrogen and oxygen atoms in total. The number of nitrogens with zero attached hydrogens (tertiary/aromatic N) is 4. The van der Waals surface area contributed by atoms with E-state index in [1.807, 2.05) is 13.0 Å². The molecule has 13 heteroatoms. The molecule has 0 aliphatic carbocycles. The van der Waals surface area contributed by atoms with E-state index in [0.29, 0.717) is 23.5 Å². The van der Waals surface area contributed by atoms with Crippen LogP contribution in [-0.4, -0.2) is 47.1 Å². The van der Waals surface area contributed by atoms with Crippen LogP contribution < -0.4 is 5.32 Å². The van der Waals surface area contributed by atoms with Gasteiger partial charge in [0.25, 0.3) is 0 Å². The highest BCUT2D eigenvalue weighted by Gasteiger charge is 2.30. The van der Waals surface area contributed by atoms with E-state index in [0.717, 1.165) is 17.8 Å². The molecule has 1 aliphatic heterocycles. The fraction of sp³-hybridized carbons (Fsp3) is 0.308. The van der Waals surface area contributed by atoms with E-state index >= 15 is 0 Å². The summed E-state index contributed by atoms with van der Waals surface area (Å²) in [4.78, 5) is 26.2. The maximum Gasteiger partial charge on any atom is 0.218 e. The lowest BCUT2D eigenvalue weighted by Gasteiger charge is -2.30. The lowest BCUT2D eigenvalue weighted by molar-refractivity contribution is -0.115. The summed E-state index contributed by atoms with van der Waals surface area (Å²) >= 11 is 6.32. The van der Waals surface area contributed by atoms with Crippen LogP contribution in [0, 0.1) is 11.6 Å². The number of carbonyl (C=O) groups is 1. The Bertz CT molecular complexity index is 1390. The lowest BCUT2D eigenvalue weighted by Crippen LogP contribution is -2.33. The van der Waals surface area contributed by atoms with Crippen molar-refractivity contribution in [3.8, 4) is 0 Å². The standard InChI is InChI=1S/C26H30B2ClF2N5O3/c1-14-11-33-20(19-6-7-32-24(35-19)25(4,5)38)10-21(14)36(13-37)15(2)8-22(16(3)29)39-26(27,28)23-18(31)9-17(30)12-34-23/h6-13,20,33,38H,27-28H2,1-5H3/b15-8-,22-16-/t20-/m1/s1. The monoisotopic (exact) mass is 555 g/mol. The molecule has 1 amide bonds. The third kappa shape index (κ3) is 7.13. The number of aromatic nitrogens is 3. The number of allylic oxidation sites excluding steroid dienone is 4. The summed E-state index contributed by atoms with van der Waals surface area (Å²) in [6, 6.07) is 2.05. The second-order valence-electron chi connectivity index (χ2n) is 10.1. The van der Waals surface area contributed by atoms with Crippen LogP contribution >= 0.6 is 11.6 Å². The van der Waals surface area contributed by atoms with Crippen LogP contribution in [0.2, 0.25) is 0 Å². The maximum absolute atomic E-state index is 14.5. The van der Waals surface area contributed by atoms with Crippen LogP contribution in [0.15, 0.2) is 70.6 Å². The van der Waals surface area contributed by atoms with E-state index in [9.17, 15) is 18.7 Å². The number of pyridine rings is 1. The number of amides is 1. The zero-order valence-electron chi connectivity index (χ0n) is 22.9. The fourth-order valence-corrected chi connectivity index (χ4v) is 3.97. The topological polar surface area (TPSA) is 100 Å². The zero-order chi connectivity index (χ0) is 29.1. The van der Waals surface area contributed by atoms with Crippen molar-refractivity contribution in [2.75, 3.05) is 0 Å². The minimum Gasteiger partial charge on any atom is -0.498 e. The van der Waals surface area contributed by atoms with Crippen molar-refractivity contribution in [2.24, 2.45) is 0 Å². The summed E-state index contributed by atoms with van der Waals surface area (Å²) in [5.41, 5.74) is 1.10. The van der Waals surface area contributed by atoms with Crippen molar-refractivity contribution in [1.29, 1.82) is 0 Å². The van der Waals surface area contributed by atoms with Crippen molar-refractivity contribution in [2.45, 2.75) is 51.7 Å². The molecular formula is C26H30B2ClF2N5O3. The van der Waals surface area contributed by atoms with Gasteiger partial charge in [-0.25, -0.2) is 18.7 Å². The predicted molar refractivity (Wildman–Crippen MR) is 149 cm³/mol. The number of dihydropyridines is 1. The Morgan fingerprint density at radius 2 is 1.97 bits per heavy atom. The molecule has 0 bridgehead atoms. The molecular weight excluding hydrogens is 525 g/mol. The summed E-state index contributed by atoms with van der Waals surface area (Å²) in [7, 11) is 3.15. The van der Waals surface area contributed by atoms with Gasteiger partial charge >= 0.3 is 0 Å². The molecule has 1 atom stereocenters. The number of hydrogen-bond acceptors (Lipinski definition) is 7.